The molecule has 0 bridgehead atoms. The van der Waals surface area contributed by atoms with Crippen molar-refractivity contribution in [1.82, 2.24) is 24.7 Å². The molecule has 0 unspecified atom stereocenters. The maximum atomic E-state index is 5.68. The van der Waals surface area contributed by atoms with Crippen LogP contribution in [0, 0.1) is 0 Å². The zero-order valence-electron chi connectivity index (χ0n) is 17.5. The summed E-state index contributed by atoms with van der Waals surface area (Å²) in [5, 5.41) is 5.14. The average molecular weight is 414 g/mol. The van der Waals surface area contributed by atoms with Gasteiger partial charge in [0.15, 0.2) is 5.11 Å². The summed E-state index contributed by atoms with van der Waals surface area (Å²) in [5.74, 6) is 1.60. The molecule has 4 rings (SSSR count). The number of thiocarbonyl (C=S) groups is 1. The molecule has 2 saturated heterocycles. The molecule has 2 fully saturated rings. The van der Waals surface area contributed by atoms with Crippen molar-refractivity contribution in [3.8, 4) is 0 Å². The Kier molecular flexibility index (Phi) is 6.42. The summed E-state index contributed by atoms with van der Waals surface area (Å²) in [6, 6.07) is 8.25. The number of aromatic nitrogens is 2. The van der Waals surface area contributed by atoms with E-state index >= 15 is 0 Å². The number of rotatable bonds is 4. The number of nitrogens with one attached hydrogen (secondary N) is 1. The van der Waals surface area contributed by atoms with Gasteiger partial charge in [0.2, 0.25) is 5.95 Å². The number of anilines is 2. The number of hydrogen-bond acceptors (Lipinski definition) is 6. The van der Waals surface area contributed by atoms with Gasteiger partial charge in [-0.25, -0.2) is 4.98 Å². The van der Waals surface area contributed by atoms with Crippen molar-refractivity contribution in [2.45, 2.75) is 13.8 Å². The number of hydrogen-bond donors (Lipinski definition) is 1. The van der Waals surface area contributed by atoms with Crippen LogP contribution in [0.1, 0.15) is 13.8 Å². The van der Waals surface area contributed by atoms with Crippen LogP contribution in [0.5, 0.6) is 0 Å². The fourth-order valence-corrected chi connectivity index (χ4v) is 4.35. The molecule has 8 heteroatoms. The molecule has 29 heavy (non-hydrogen) atoms. The lowest BCUT2D eigenvalue weighted by Crippen LogP contribution is -2.49. The van der Waals surface area contributed by atoms with Gasteiger partial charge >= 0.3 is 0 Å². The van der Waals surface area contributed by atoms with Gasteiger partial charge in [-0.3, -0.25) is 0 Å². The van der Waals surface area contributed by atoms with Crippen molar-refractivity contribution in [3.05, 3.63) is 24.3 Å². The average Bonchev–Trinajstić information content (AvgIpc) is 2.78. The molecule has 3 heterocycles. The number of nitrogens with zero attached hydrogens (tertiary/aromatic N) is 6. The molecule has 0 radical (unpaired) electrons. The fraction of sp³-hybridized carbons (Fsp3) is 0.571. The normalized spacial score (nSPS) is 19.0. The minimum Gasteiger partial charge on any atom is -0.353 e. The standard InChI is InChI=1S/C21H31N7S/c1-3-25-9-13-27(14-10-25)19-17-7-5-6-8-18(17)22-20(23-19)24-21(29)28-15-11-26(4-2)12-16-28/h5-8H,3-4,9-16H2,1-2H3,(H,22,23,24,29). The van der Waals surface area contributed by atoms with E-state index in [1.54, 1.807) is 0 Å². The SMILES string of the molecule is CCN1CCN(C(=S)Nc2nc(N3CCN(CC)CC3)c3ccccc3n2)CC1. The van der Waals surface area contributed by atoms with Gasteiger partial charge in [-0.2, -0.15) is 4.98 Å². The lowest BCUT2D eigenvalue weighted by atomic mass is 10.2. The van der Waals surface area contributed by atoms with E-state index in [1.807, 2.05) is 6.07 Å². The molecule has 0 atom stereocenters. The number of fused-ring (bicyclic) bond motifs is 1. The molecule has 0 amide bonds. The van der Waals surface area contributed by atoms with Crippen molar-refractivity contribution >= 4 is 40.0 Å². The first-order valence-electron chi connectivity index (χ1n) is 10.7. The molecule has 2 aliphatic rings. The van der Waals surface area contributed by atoms with E-state index in [4.69, 9.17) is 22.2 Å². The molecule has 1 aromatic carbocycles. The number of benzene rings is 1. The van der Waals surface area contributed by atoms with Gasteiger partial charge in [0.05, 0.1) is 5.52 Å². The van der Waals surface area contributed by atoms with Crippen LogP contribution in [0.3, 0.4) is 0 Å². The molecule has 156 valence electrons. The van der Waals surface area contributed by atoms with Crippen LogP contribution in [-0.2, 0) is 0 Å². The quantitative estimate of drug-likeness (QED) is 0.765. The zero-order chi connectivity index (χ0) is 20.2. The Balaban J connectivity index is 1.53. The molecule has 1 aromatic heterocycles. The van der Waals surface area contributed by atoms with Crippen LogP contribution >= 0.6 is 12.2 Å². The molecular formula is C21H31N7S. The maximum absolute atomic E-state index is 5.68. The van der Waals surface area contributed by atoms with Gasteiger partial charge in [-0.05, 0) is 37.4 Å². The summed E-state index contributed by atoms with van der Waals surface area (Å²) < 4.78 is 0. The van der Waals surface area contributed by atoms with Crippen molar-refractivity contribution < 1.29 is 0 Å². The van der Waals surface area contributed by atoms with Gasteiger partial charge in [-0.15, -0.1) is 0 Å². The second-order valence-electron chi connectivity index (χ2n) is 7.66. The largest absolute Gasteiger partial charge is 0.353 e. The van der Waals surface area contributed by atoms with Gasteiger partial charge in [0, 0.05) is 57.7 Å². The third-order valence-electron chi connectivity index (χ3n) is 6.03. The van der Waals surface area contributed by atoms with Gasteiger partial charge in [-0.1, -0.05) is 26.0 Å². The Morgan fingerprint density at radius 1 is 0.897 bits per heavy atom. The highest BCUT2D eigenvalue weighted by atomic mass is 32.1. The van der Waals surface area contributed by atoms with E-state index < -0.39 is 0 Å². The minimum absolute atomic E-state index is 0.597. The fourth-order valence-electron chi connectivity index (χ4n) is 4.07. The minimum atomic E-state index is 0.597. The number of likely N-dealkylation sites (N-methyl/N-ethyl adjacent to an activating group) is 2. The first-order chi connectivity index (χ1) is 14.2. The van der Waals surface area contributed by atoms with E-state index in [-0.39, 0.29) is 0 Å². The monoisotopic (exact) mass is 413 g/mol. The zero-order valence-corrected chi connectivity index (χ0v) is 18.3. The first-order valence-corrected chi connectivity index (χ1v) is 11.1. The summed E-state index contributed by atoms with van der Waals surface area (Å²) in [6.45, 7) is 14.7. The second kappa shape index (κ2) is 9.19. The van der Waals surface area contributed by atoms with Crippen molar-refractivity contribution in [2.75, 3.05) is 75.7 Å². The molecule has 7 nitrogen and oxygen atoms in total. The van der Waals surface area contributed by atoms with E-state index in [0.717, 1.165) is 87.3 Å². The maximum Gasteiger partial charge on any atom is 0.231 e. The molecule has 0 aliphatic carbocycles. The summed E-state index contributed by atoms with van der Waals surface area (Å²) in [7, 11) is 0. The lowest BCUT2D eigenvalue weighted by molar-refractivity contribution is 0.191. The van der Waals surface area contributed by atoms with E-state index in [1.165, 1.54) is 0 Å². The van der Waals surface area contributed by atoms with Crippen molar-refractivity contribution in [2.24, 2.45) is 0 Å². The van der Waals surface area contributed by atoms with E-state index in [0.29, 0.717) is 5.95 Å². The van der Waals surface area contributed by atoms with Crippen molar-refractivity contribution in [1.29, 1.82) is 0 Å². The van der Waals surface area contributed by atoms with E-state index in [2.05, 4.69) is 57.0 Å². The molecular weight excluding hydrogens is 382 g/mol. The Morgan fingerprint density at radius 3 is 2.17 bits per heavy atom. The van der Waals surface area contributed by atoms with E-state index in [9.17, 15) is 0 Å². The second-order valence-corrected chi connectivity index (χ2v) is 8.05. The highest BCUT2D eigenvalue weighted by molar-refractivity contribution is 7.80. The Labute approximate surface area is 178 Å². The van der Waals surface area contributed by atoms with Gasteiger partial charge in [0.25, 0.3) is 0 Å². The number of para-hydroxylation sites is 1. The third-order valence-corrected chi connectivity index (χ3v) is 6.39. The van der Waals surface area contributed by atoms with Crippen molar-refractivity contribution in [3.63, 3.8) is 0 Å². The Hall–Kier alpha value is -2.03. The summed E-state index contributed by atoms with van der Waals surface area (Å²) in [5.41, 5.74) is 0.955. The van der Waals surface area contributed by atoms with Crippen LogP contribution in [0.4, 0.5) is 11.8 Å². The molecule has 1 N–H and O–H groups in total. The highest BCUT2D eigenvalue weighted by Gasteiger charge is 2.22. The predicted molar refractivity (Wildman–Crippen MR) is 124 cm³/mol. The summed E-state index contributed by atoms with van der Waals surface area (Å²) in [6.07, 6.45) is 0. The van der Waals surface area contributed by atoms with Gasteiger partial charge < -0.3 is 24.9 Å². The van der Waals surface area contributed by atoms with Crippen LogP contribution in [-0.4, -0.2) is 95.2 Å². The molecule has 2 aromatic rings. The predicted octanol–water partition coefficient (Wildman–Crippen LogP) is 2.11. The van der Waals surface area contributed by atoms with Crippen LogP contribution in [0.2, 0.25) is 0 Å². The summed E-state index contributed by atoms with van der Waals surface area (Å²) >= 11 is 5.68. The first kappa shape index (κ1) is 20.3. The van der Waals surface area contributed by atoms with Crippen LogP contribution in [0.25, 0.3) is 10.9 Å². The van der Waals surface area contributed by atoms with Crippen LogP contribution in [0.15, 0.2) is 24.3 Å². The highest BCUT2D eigenvalue weighted by Crippen LogP contribution is 2.26. The Bertz CT molecular complexity index is 842. The van der Waals surface area contributed by atoms with Crippen LogP contribution < -0.4 is 10.2 Å². The van der Waals surface area contributed by atoms with Gasteiger partial charge in [0.1, 0.15) is 5.82 Å². The lowest BCUT2D eigenvalue weighted by Gasteiger charge is -2.36. The third kappa shape index (κ3) is 4.60. The molecule has 0 spiro atoms. The Morgan fingerprint density at radius 2 is 1.52 bits per heavy atom. The topological polar surface area (TPSA) is 50.8 Å². The molecule has 2 aliphatic heterocycles. The molecule has 0 saturated carbocycles. The number of piperazine rings is 2. The summed E-state index contributed by atoms with van der Waals surface area (Å²) in [4.78, 5) is 19.2. The smallest absolute Gasteiger partial charge is 0.231 e.